The average Bonchev–Trinajstić information content (AvgIpc) is 2.56. The van der Waals surface area contributed by atoms with Crippen molar-refractivity contribution in [3.8, 4) is 0 Å². The minimum absolute atomic E-state index is 0.0833. The van der Waals surface area contributed by atoms with Crippen LogP contribution < -0.4 is 4.90 Å². The van der Waals surface area contributed by atoms with Crippen LogP contribution >= 0.6 is 0 Å². The summed E-state index contributed by atoms with van der Waals surface area (Å²) in [7, 11) is 0. The predicted octanol–water partition coefficient (Wildman–Crippen LogP) is 1.75. The first-order valence-corrected chi connectivity index (χ1v) is 7.10. The van der Waals surface area contributed by atoms with Gasteiger partial charge in [0, 0.05) is 50.3 Å². The van der Waals surface area contributed by atoms with Gasteiger partial charge in [0.2, 0.25) is 0 Å². The fourth-order valence-electron chi connectivity index (χ4n) is 2.61. The van der Waals surface area contributed by atoms with Crippen LogP contribution in [0.25, 0.3) is 0 Å². The minimum atomic E-state index is 0.0833. The second kappa shape index (κ2) is 5.91. The molecule has 5 heteroatoms. The zero-order valence-electron chi connectivity index (χ0n) is 12.1. The van der Waals surface area contributed by atoms with Gasteiger partial charge in [-0.05, 0) is 30.7 Å². The Labute approximate surface area is 124 Å². The van der Waals surface area contributed by atoms with E-state index in [0.717, 1.165) is 31.9 Å². The minimum Gasteiger partial charge on any atom is -0.367 e. The third kappa shape index (κ3) is 2.86. The summed E-state index contributed by atoms with van der Waals surface area (Å²) < 4.78 is 0. The maximum atomic E-state index is 12.4. The Balaban J connectivity index is 1.66. The second-order valence-electron chi connectivity index (χ2n) is 5.18. The van der Waals surface area contributed by atoms with Gasteiger partial charge in [-0.1, -0.05) is 0 Å². The van der Waals surface area contributed by atoms with Gasteiger partial charge in [0.1, 0.15) is 0 Å². The van der Waals surface area contributed by atoms with E-state index in [1.165, 1.54) is 5.56 Å². The third-order valence-electron chi connectivity index (χ3n) is 3.85. The normalized spacial score (nSPS) is 15.1. The quantitative estimate of drug-likeness (QED) is 0.842. The molecule has 21 heavy (non-hydrogen) atoms. The summed E-state index contributed by atoms with van der Waals surface area (Å²) in [6, 6.07) is 5.55. The van der Waals surface area contributed by atoms with Crippen molar-refractivity contribution in [3.63, 3.8) is 0 Å². The zero-order valence-corrected chi connectivity index (χ0v) is 12.1. The number of hydrogen-bond acceptors (Lipinski definition) is 4. The SMILES string of the molecule is Cc1ccncc1N1CCN(C(=O)c2ccncc2)CC1. The molecule has 5 nitrogen and oxygen atoms in total. The van der Waals surface area contributed by atoms with Gasteiger partial charge in [-0.25, -0.2) is 0 Å². The first kappa shape index (κ1) is 13.5. The average molecular weight is 282 g/mol. The van der Waals surface area contributed by atoms with Crippen molar-refractivity contribution >= 4 is 11.6 Å². The number of aryl methyl sites for hydroxylation is 1. The Morgan fingerprint density at radius 2 is 1.67 bits per heavy atom. The van der Waals surface area contributed by atoms with E-state index in [4.69, 9.17) is 0 Å². The summed E-state index contributed by atoms with van der Waals surface area (Å²) in [5, 5.41) is 0. The number of carbonyl (C=O) groups is 1. The Bertz CT molecular complexity index is 621. The Kier molecular flexibility index (Phi) is 3.81. The van der Waals surface area contributed by atoms with E-state index in [2.05, 4.69) is 21.8 Å². The van der Waals surface area contributed by atoms with E-state index in [1.54, 1.807) is 24.5 Å². The lowest BCUT2D eigenvalue weighted by atomic mass is 10.2. The van der Waals surface area contributed by atoms with E-state index >= 15 is 0 Å². The summed E-state index contributed by atoms with van der Waals surface area (Å²) in [6.45, 7) is 5.23. The molecule has 0 spiro atoms. The molecule has 0 bridgehead atoms. The number of carbonyl (C=O) groups excluding carboxylic acids is 1. The van der Waals surface area contributed by atoms with E-state index in [1.807, 2.05) is 23.4 Å². The molecule has 0 atom stereocenters. The third-order valence-corrected chi connectivity index (χ3v) is 3.85. The molecule has 0 N–H and O–H groups in total. The molecule has 0 radical (unpaired) electrons. The Morgan fingerprint density at radius 3 is 2.33 bits per heavy atom. The molecule has 0 aliphatic carbocycles. The molecule has 2 aromatic heterocycles. The van der Waals surface area contributed by atoms with Gasteiger partial charge in [0.25, 0.3) is 5.91 Å². The van der Waals surface area contributed by atoms with Crippen LogP contribution in [0.3, 0.4) is 0 Å². The number of anilines is 1. The molecule has 0 unspecified atom stereocenters. The predicted molar refractivity (Wildman–Crippen MR) is 81.3 cm³/mol. The molecule has 108 valence electrons. The van der Waals surface area contributed by atoms with E-state index in [9.17, 15) is 4.79 Å². The largest absolute Gasteiger partial charge is 0.367 e. The standard InChI is InChI=1S/C16H18N4O/c1-13-2-5-18-12-15(13)19-8-10-20(11-9-19)16(21)14-3-6-17-7-4-14/h2-7,12H,8-11H2,1H3. The van der Waals surface area contributed by atoms with Crippen LogP contribution in [0.15, 0.2) is 43.0 Å². The van der Waals surface area contributed by atoms with Crippen LogP contribution in [-0.2, 0) is 0 Å². The molecule has 1 aliphatic heterocycles. The lowest BCUT2D eigenvalue weighted by molar-refractivity contribution is 0.0746. The Morgan fingerprint density at radius 1 is 1.00 bits per heavy atom. The van der Waals surface area contributed by atoms with Gasteiger partial charge in [-0.3, -0.25) is 14.8 Å². The maximum Gasteiger partial charge on any atom is 0.254 e. The number of rotatable bonds is 2. The van der Waals surface area contributed by atoms with Crippen LogP contribution in [0.4, 0.5) is 5.69 Å². The van der Waals surface area contributed by atoms with Crippen LogP contribution in [0.2, 0.25) is 0 Å². The molecule has 0 aromatic carbocycles. The highest BCUT2D eigenvalue weighted by Crippen LogP contribution is 2.20. The number of hydrogen-bond donors (Lipinski definition) is 0. The molecule has 1 saturated heterocycles. The number of nitrogens with zero attached hydrogens (tertiary/aromatic N) is 4. The Hall–Kier alpha value is -2.43. The fraction of sp³-hybridized carbons (Fsp3) is 0.312. The first-order valence-electron chi connectivity index (χ1n) is 7.10. The molecule has 3 rings (SSSR count). The summed E-state index contributed by atoms with van der Waals surface area (Å²) in [4.78, 5) is 24.7. The number of pyridine rings is 2. The van der Waals surface area contributed by atoms with Crippen LogP contribution in [-0.4, -0.2) is 47.0 Å². The topological polar surface area (TPSA) is 49.3 Å². The molecule has 1 aliphatic rings. The number of amides is 1. The number of aromatic nitrogens is 2. The molecule has 1 fully saturated rings. The summed E-state index contributed by atoms with van der Waals surface area (Å²) >= 11 is 0. The summed E-state index contributed by atoms with van der Waals surface area (Å²) in [6.07, 6.45) is 7.02. The van der Waals surface area contributed by atoms with Gasteiger partial charge in [-0.15, -0.1) is 0 Å². The van der Waals surface area contributed by atoms with E-state index in [0.29, 0.717) is 5.56 Å². The van der Waals surface area contributed by atoms with Gasteiger partial charge < -0.3 is 9.80 Å². The zero-order chi connectivity index (χ0) is 14.7. The molecule has 0 saturated carbocycles. The van der Waals surface area contributed by atoms with Crippen LogP contribution in [0.1, 0.15) is 15.9 Å². The molecular formula is C16H18N4O. The highest BCUT2D eigenvalue weighted by Gasteiger charge is 2.22. The van der Waals surface area contributed by atoms with Gasteiger partial charge >= 0.3 is 0 Å². The van der Waals surface area contributed by atoms with Crippen molar-refractivity contribution < 1.29 is 4.79 Å². The van der Waals surface area contributed by atoms with Crippen molar-refractivity contribution in [1.82, 2.24) is 14.9 Å². The monoisotopic (exact) mass is 282 g/mol. The number of piperazine rings is 1. The van der Waals surface area contributed by atoms with Gasteiger partial charge in [0.05, 0.1) is 11.9 Å². The summed E-state index contributed by atoms with van der Waals surface area (Å²) in [5.41, 5.74) is 3.09. The van der Waals surface area contributed by atoms with Gasteiger partial charge in [0.15, 0.2) is 0 Å². The first-order chi connectivity index (χ1) is 10.3. The summed E-state index contributed by atoms with van der Waals surface area (Å²) in [5.74, 6) is 0.0833. The van der Waals surface area contributed by atoms with E-state index < -0.39 is 0 Å². The highest BCUT2D eigenvalue weighted by atomic mass is 16.2. The van der Waals surface area contributed by atoms with Crippen molar-refractivity contribution in [2.45, 2.75) is 6.92 Å². The molecule has 1 amide bonds. The van der Waals surface area contributed by atoms with Crippen molar-refractivity contribution in [2.75, 3.05) is 31.1 Å². The molecule has 3 heterocycles. The van der Waals surface area contributed by atoms with Crippen LogP contribution in [0, 0.1) is 6.92 Å². The second-order valence-corrected chi connectivity index (χ2v) is 5.18. The lowest BCUT2D eigenvalue weighted by Gasteiger charge is -2.36. The molecule has 2 aromatic rings. The fourth-order valence-corrected chi connectivity index (χ4v) is 2.61. The van der Waals surface area contributed by atoms with Crippen molar-refractivity contribution in [1.29, 1.82) is 0 Å². The molecular weight excluding hydrogens is 264 g/mol. The van der Waals surface area contributed by atoms with Crippen LogP contribution in [0.5, 0.6) is 0 Å². The highest BCUT2D eigenvalue weighted by molar-refractivity contribution is 5.94. The maximum absolute atomic E-state index is 12.4. The van der Waals surface area contributed by atoms with Crippen molar-refractivity contribution in [3.05, 3.63) is 54.1 Å². The smallest absolute Gasteiger partial charge is 0.254 e. The van der Waals surface area contributed by atoms with E-state index in [-0.39, 0.29) is 5.91 Å². The van der Waals surface area contributed by atoms with Gasteiger partial charge in [-0.2, -0.15) is 0 Å². The van der Waals surface area contributed by atoms with Crippen molar-refractivity contribution in [2.24, 2.45) is 0 Å². The lowest BCUT2D eigenvalue weighted by Crippen LogP contribution is -2.49.